The van der Waals surface area contributed by atoms with Crippen molar-refractivity contribution in [1.82, 2.24) is 14.8 Å². The number of aromatic nitrogens is 3. The van der Waals surface area contributed by atoms with Gasteiger partial charge < -0.3 is 11.1 Å². The summed E-state index contributed by atoms with van der Waals surface area (Å²) in [6.07, 6.45) is 0. The average Bonchev–Trinajstić information content (AvgIpc) is 3.24. The molecule has 0 aliphatic rings. The molecule has 0 spiro atoms. The fourth-order valence-electron chi connectivity index (χ4n) is 2.58. The Hall–Kier alpha value is -3.28. The molecule has 0 saturated heterocycles. The molecule has 4 aromatic rings. The number of nitrogen functional groups attached to an aromatic ring is 1. The lowest BCUT2D eigenvalue weighted by molar-refractivity contribution is 0.0952. The van der Waals surface area contributed by atoms with Crippen molar-refractivity contribution in [2.45, 2.75) is 4.90 Å². The maximum absolute atomic E-state index is 12.7. The Kier molecular flexibility index (Phi) is 4.34. The van der Waals surface area contributed by atoms with Gasteiger partial charge in [0.2, 0.25) is 21.9 Å². The molecule has 2 aromatic carbocycles. The van der Waals surface area contributed by atoms with E-state index in [2.05, 4.69) is 15.4 Å². The van der Waals surface area contributed by atoms with Crippen molar-refractivity contribution in [3.63, 3.8) is 0 Å². The summed E-state index contributed by atoms with van der Waals surface area (Å²) in [4.78, 5) is 17.2. The summed E-state index contributed by atoms with van der Waals surface area (Å²) in [6.45, 7) is 0. The van der Waals surface area contributed by atoms with Gasteiger partial charge in [0.25, 0.3) is 5.91 Å². The van der Waals surface area contributed by atoms with Gasteiger partial charge in [-0.15, -0.1) is 16.4 Å². The fourth-order valence-corrected chi connectivity index (χ4v) is 4.08. The van der Waals surface area contributed by atoms with E-state index in [9.17, 15) is 13.2 Å². The number of primary sulfonamides is 1. The van der Waals surface area contributed by atoms with Gasteiger partial charge in [0.05, 0.1) is 9.77 Å². The number of fused-ring (bicyclic) bond motifs is 1. The normalized spacial score (nSPS) is 11.6. The first-order valence-corrected chi connectivity index (χ1v) is 10.3. The molecule has 0 aliphatic heterocycles. The molecule has 2 heterocycles. The molecule has 9 nitrogen and oxygen atoms in total. The topological polar surface area (TPSA) is 146 Å². The number of nitrogens with two attached hydrogens (primary N) is 2. The summed E-state index contributed by atoms with van der Waals surface area (Å²) in [5, 5.41) is 13.0. The van der Waals surface area contributed by atoms with Crippen LogP contribution in [0.3, 0.4) is 0 Å². The van der Waals surface area contributed by atoms with E-state index in [4.69, 9.17) is 10.9 Å². The zero-order chi connectivity index (χ0) is 19.9. The first-order valence-electron chi connectivity index (χ1n) is 7.97. The van der Waals surface area contributed by atoms with Crippen LogP contribution in [0.5, 0.6) is 0 Å². The molecule has 5 N–H and O–H groups in total. The van der Waals surface area contributed by atoms with Crippen molar-refractivity contribution in [2.24, 2.45) is 5.14 Å². The molecule has 28 heavy (non-hydrogen) atoms. The molecule has 0 saturated carbocycles. The minimum Gasteiger partial charge on any atom is -0.368 e. The lowest BCUT2D eigenvalue weighted by atomic mass is 10.2. The van der Waals surface area contributed by atoms with E-state index >= 15 is 0 Å². The number of carbonyl (C=O) groups is 1. The zero-order valence-corrected chi connectivity index (χ0v) is 15.9. The molecule has 4 rings (SSSR count). The number of carbonyl (C=O) groups excluding carboxylic acids is 1. The van der Waals surface area contributed by atoms with E-state index in [0.717, 1.165) is 14.8 Å². The number of hydrogen-bond donors (Lipinski definition) is 3. The van der Waals surface area contributed by atoms with Crippen LogP contribution in [0.1, 0.15) is 9.67 Å². The number of nitrogens with zero attached hydrogens (tertiary/aromatic N) is 3. The van der Waals surface area contributed by atoms with Gasteiger partial charge in [0.1, 0.15) is 0 Å². The summed E-state index contributed by atoms with van der Waals surface area (Å²) in [7, 11) is -3.77. The van der Waals surface area contributed by atoms with E-state index in [1.807, 2.05) is 24.3 Å². The molecule has 0 bridgehead atoms. The molecule has 11 heteroatoms. The largest absolute Gasteiger partial charge is 0.368 e. The third-order valence-electron chi connectivity index (χ3n) is 3.90. The van der Waals surface area contributed by atoms with E-state index in [1.165, 1.54) is 35.6 Å². The van der Waals surface area contributed by atoms with Crippen LogP contribution in [0.4, 0.5) is 17.6 Å². The Bertz CT molecular complexity index is 1260. The average molecular weight is 414 g/mol. The lowest BCUT2D eigenvalue weighted by Crippen LogP contribution is -2.15. The summed E-state index contributed by atoms with van der Waals surface area (Å²) < 4.78 is 24.6. The maximum Gasteiger partial charge on any atom is 0.291 e. The molecule has 0 aliphatic carbocycles. The minimum atomic E-state index is -3.77. The number of sulfonamides is 1. The zero-order valence-electron chi connectivity index (χ0n) is 14.2. The van der Waals surface area contributed by atoms with Crippen molar-refractivity contribution in [2.75, 3.05) is 11.1 Å². The number of anilines is 3. The van der Waals surface area contributed by atoms with Crippen LogP contribution in [-0.2, 0) is 10.0 Å². The van der Waals surface area contributed by atoms with Crippen molar-refractivity contribution >= 4 is 54.9 Å². The highest BCUT2D eigenvalue weighted by atomic mass is 32.2. The summed E-state index contributed by atoms with van der Waals surface area (Å²) in [6, 6.07) is 15.1. The summed E-state index contributed by atoms with van der Waals surface area (Å²) >= 11 is 1.34. The standard InChI is InChI=1S/C17H14N6O3S2/c18-16-21-17(20-11-5-7-12(8-6-11)28(19,25)26)22-23(16)15(24)14-9-10-3-1-2-4-13(10)27-14/h1-9H,(H2,19,25,26)(H3,18,20,21,22). The molecule has 142 valence electrons. The second-order valence-electron chi connectivity index (χ2n) is 5.85. The van der Waals surface area contributed by atoms with Crippen LogP contribution in [-0.4, -0.2) is 29.1 Å². The third-order valence-corrected chi connectivity index (χ3v) is 5.93. The van der Waals surface area contributed by atoms with Crippen LogP contribution in [0, 0.1) is 0 Å². The molecule has 0 radical (unpaired) electrons. The quantitative estimate of drug-likeness (QED) is 0.464. The Labute approximate surface area is 163 Å². The van der Waals surface area contributed by atoms with E-state index in [1.54, 1.807) is 6.07 Å². The van der Waals surface area contributed by atoms with Crippen LogP contribution in [0.15, 0.2) is 59.5 Å². The second-order valence-corrected chi connectivity index (χ2v) is 8.50. The number of hydrogen-bond acceptors (Lipinski definition) is 8. The Morgan fingerprint density at radius 3 is 2.50 bits per heavy atom. The predicted octanol–water partition coefficient (Wildman–Crippen LogP) is 2.15. The third kappa shape index (κ3) is 3.45. The number of nitrogens with one attached hydrogen (secondary N) is 1. The molecule has 0 atom stereocenters. The molecule has 0 fully saturated rings. The summed E-state index contributed by atoms with van der Waals surface area (Å²) in [5.74, 6) is -0.342. The molecular formula is C17H14N6O3S2. The number of benzene rings is 2. The van der Waals surface area contributed by atoms with E-state index < -0.39 is 10.0 Å². The summed E-state index contributed by atoms with van der Waals surface area (Å²) in [5.41, 5.74) is 6.36. The Morgan fingerprint density at radius 1 is 1.11 bits per heavy atom. The van der Waals surface area contributed by atoms with Crippen molar-refractivity contribution in [3.8, 4) is 0 Å². The van der Waals surface area contributed by atoms with Crippen molar-refractivity contribution in [3.05, 3.63) is 59.5 Å². The maximum atomic E-state index is 12.7. The molecule has 2 aromatic heterocycles. The predicted molar refractivity (Wildman–Crippen MR) is 107 cm³/mol. The first kappa shape index (κ1) is 18.1. The van der Waals surface area contributed by atoms with Crippen LogP contribution in [0.2, 0.25) is 0 Å². The van der Waals surface area contributed by atoms with E-state index in [0.29, 0.717) is 10.6 Å². The van der Waals surface area contributed by atoms with Crippen molar-refractivity contribution in [1.29, 1.82) is 0 Å². The smallest absolute Gasteiger partial charge is 0.291 e. The van der Waals surface area contributed by atoms with Crippen molar-refractivity contribution < 1.29 is 13.2 Å². The lowest BCUT2D eigenvalue weighted by Gasteiger charge is -2.03. The van der Waals surface area contributed by atoms with E-state index in [-0.39, 0.29) is 22.7 Å². The van der Waals surface area contributed by atoms with Gasteiger partial charge in [-0.25, -0.2) is 13.6 Å². The first-order chi connectivity index (χ1) is 13.3. The molecule has 0 amide bonds. The number of rotatable bonds is 4. The highest BCUT2D eigenvalue weighted by Crippen LogP contribution is 2.26. The highest BCUT2D eigenvalue weighted by Gasteiger charge is 2.18. The van der Waals surface area contributed by atoms with Crippen LogP contribution < -0.4 is 16.2 Å². The van der Waals surface area contributed by atoms with Gasteiger partial charge in [0.15, 0.2) is 0 Å². The van der Waals surface area contributed by atoms with Gasteiger partial charge in [-0.05, 0) is 41.8 Å². The SMILES string of the molecule is Nc1nc(Nc2ccc(S(N)(=O)=O)cc2)nn1C(=O)c1cc2ccccc2s1. The van der Waals surface area contributed by atoms with Gasteiger partial charge in [0, 0.05) is 10.4 Å². The van der Waals surface area contributed by atoms with Crippen LogP contribution >= 0.6 is 11.3 Å². The molecule has 0 unspecified atom stereocenters. The number of thiophene rings is 1. The minimum absolute atomic E-state index is 0.0176. The fraction of sp³-hybridized carbons (Fsp3) is 0. The highest BCUT2D eigenvalue weighted by molar-refractivity contribution is 7.89. The Balaban J connectivity index is 1.58. The van der Waals surface area contributed by atoms with Gasteiger partial charge in [-0.3, -0.25) is 4.79 Å². The van der Waals surface area contributed by atoms with Gasteiger partial charge in [-0.1, -0.05) is 18.2 Å². The second kappa shape index (κ2) is 6.71. The van der Waals surface area contributed by atoms with Gasteiger partial charge in [-0.2, -0.15) is 9.67 Å². The Morgan fingerprint density at radius 2 is 1.82 bits per heavy atom. The van der Waals surface area contributed by atoms with Gasteiger partial charge >= 0.3 is 0 Å². The monoisotopic (exact) mass is 414 g/mol. The van der Waals surface area contributed by atoms with Crippen LogP contribution in [0.25, 0.3) is 10.1 Å². The molecular weight excluding hydrogens is 400 g/mol.